The minimum atomic E-state index is -0.220. The van der Waals surface area contributed by atoms with Crippen molar-refractivity contribution in [3.05, 3.63) is 107 Å². The largest absolute Gasteiger partial charge is 0.339 e. The summed E-state index contributed by atoms with van der Waals surface area (Å²) in [6.07, 6.45) is 0. The molecule has 0 aromatic heterocycles. The summed E-state index contributed by atoms with van der Waals surface area (Å²) in [6.45, 7) is 11.1. The molecule has 1 aliphatic carbocycles. The molecule has 1 aliphatic rings. The van der Waals surface area contributed by atoms with Crippen molar-refractivity contribution < 1.29 is 4.39 Å². The van der Waals surface area contributed by atoms with Gasteiger partial charge < -0.3 is 4.90 Å². The highest BCUT2D eigenvalue weighted by molar-refractivity contribution is 5.86. The summed E-state index contributed by atoms with van der Waals surface area (Å²) in [7, 11) is 0. The fourth-order valence-corrected chi connectivity index (χ4v) is 5.33. The summed E-state index contributed by atoms with van der Waals surface area (Å²) in [4.78, 5) is 2.26. The van der Waals surface area contributed by atoms with E-state index in [0.717, 1.165) is 22.5 Å². The summed E-state index contributed by atoms with van der Waals surface area (Å²) in [5.41, 5.74) is 10.4. The lowest BCUT2D eigenvalue weighted by Crippen LogP contribution is -2.26. The van der Waals surface area contributed by atoms with Gasteiger partial charge in [-0.3, -0.25) is 0 Å². The molecule has 0 saturated carbocycles. The quantitative estimate of drug-likeness (QED) is 0.310. The molecule has 0 saturated heterocycles. The SMILES string of the molecule is Cc1cc2c(cc1N(c1cc(F)cc(-c3ccccc3)c1)C(C)C)-c1ccccc1C2(C)C. The zero-order valence-electron chi connectivity index (χ0n) is 20.0. The number of halogens is 1. The van der Waals surface area contributed by atoms with Crippen LogP contribution in [0.1, 0.15) is 44.4 Å². The minimum Gasteiger partial charge on any atom is -0.339 e. The molecule has 0 atom stereocenters. The topological polar surface area (TPSA) is 3.24 Å². The van der Waals surface area contributed by atoms with Crippen LogP contribution >= 0.6 is 0 Å². The van der Waals surface area contributed by atoms with Crippen molar-refractivity contribution in [3.63, 3.8) is 0 Å². The van der Waals surface area contributed by atoms with E-state index in [1.54, 1.807) is 12.1 Å². The number of anilines is 2. The number of aryl methyl sites for hydroxylation is 1. The van der Waals surface area contributed by atoms with Gasteiger partial charge in [0.15, 0.2) is 0 Å². The van der Waals surface area contributed by atoms with E-state index in [9.17, 15) is 4.39 Å². The van der Waals surface area contributed by atoms with E-state index in [0.29, 0.717) is 0 Å². The molecule has 0 radical (unpaired) electrons. The highest BCUT2D eigenvalue weighted by atomic mass is 19.1. The standard InChI is InChI=1S/C31H30FN/c1-20(2)33(25-17-23(16-24(32)18-25)22-11-7-6-8-12-22)30-19-27-26-13-9-10-14-28(26)31(4,5)29(27)15-21(30)3/h6-20H,1-5H3. The van der Waals surface area contributed by atoms with Crippen LogP contribution < -0.4 is 4.90 Å². The highest BCUT2D eigenvalue weighted by Gasteiger charge is 2.36. The second-order valence-electron chi connectivity index (χ2n) is 9.88. The monoisotopic (exact) mass is 435 g/mol. The van der Waals surface area contributed by atoms with Crippen molar-refractivity contribution in [2.45, 2.75) is 46.1 Å². The van der Waals surface area contributed by atoms with Crippen LogP contribution in [0.25, 0.3) is 22.3 Å². The third kappa shape index (κ3) is 3.54. The van der Waals surface area contributed by atoms with E-state index in [2.05, 4.69) is 82.0 Å². The molecule has 33 heavy (non-hydrogen) atoms. The molecule has 0 fully saturated rings. The van der Waals surface area contributed by atoms with Gasteiger partial charge in [0.2, 0.25) is 0 Å². The van der Waals surface area contributed by atoms with Crippen molar-refractivity contribution in [2.24, 2.45) is 0 Å². The Morgan fingerprint density at radius 1 is 0.727 bits per heavy atom. The van der Waals surface area contributed by atoms with E-state index >= 15 is 0 Å². The first-order valence-electron chi connectivity index (χ1n) is 11.7. The lowest BCUT2D eigenvalue weighted by atomic mass is 9.82. The maximum atomic E-state index is 14.8. The molecule has 5 rings (SSSR count). The lowest BCUT2D eigenvalue weighted by molar-refractivity contribution is 0.627. The average Bonchev–Trinajstić information content (AvgIpc) is 3.01. The van der Waals surface area contributed by atoms with Gasteiger partial charge in [-0.2, -0.15) is 0 Å². The van der Waals surface area contributed by atoms with Crippen LogP contribution in [0.5, 0.6) is 0 Å². The second-order valence-corrected chi connectivity index (χ2v) is 9.88. The normalized spacial score (nSPS) is 13.7. The predicted molar refractivity (Wildman–Crippen MR) is 138 cm³/mol. The molecule has 0 aliphatic heterocycles. The van der Waals surface area contributed by atoms with Gasteiger partial charge in [0.05, 0.1) is 0 Å². The Bertz CT molecular complexity index is 1330. The summed E-state index contributed by atoms with van der Waals surface area (Å²) >= 11 is 0. The van der Waals surface area contributed by atoms with Gasteiger partial charge in [-0.15, -0.1) is 0 Å². The minimum absolute atomic E-state index is 0.0305. The van der Waals surface area contributed by atoms with Gasteiger partial charge in [0.1, 0.15) is 5.82 Å². The first-order valence-corrected chi connectivity index (χ1v) is 11.7. The van der Waals surface area contributed by atoms with Gasteiger partial charge in [-0.25, -0.2) is 4.39 Å². The second kappa shape index (κ2) is 7.88. The number of fused-ring (bicyclic) bond motifs is 3. The fraction of sp³-hybridized carbons (Fsp3) is 0.226. The molecule has 2 heteroatoms. The molecule has 0 heterocycles. The Balaban J connectivity index is 1.69. The summed E-state index contributed by atoms with van der Waals surface area (Å²) < 4.78 is 14.8. The lowest BCUT2D eigenvalue weighted by Gasteiger charge is -2.32. The molecule has 0 spiro atoms. The van der Waals surface area contributed by atoms with Gasteiger partial charge in [-0.1, -0.05) is 74.5 Å². The smallest absolute Gasteiger partial charge is 0.125 e. The van der Waals surface area contributed by atoms with E-state index in [1.807, 2.05) is 30.3 Å². The molecule has 166 valence electrons. The Hall–Kier alpha value is -3.39. The van der Waals surface area contributed by atoms with Crippen LogP contribution in [0.4, 0.5) is 15.8 Å². The highest BCUT2D eigenvalue weighted by Crippen LogP contribution is 2.51. The van der Waals surface area contributed by atoms with Crippen LogP contribution in [-0.4, -0.2) is 6.04 Å². The van der Waals surface area contributed by atoms with E-state index in [-0.39, 0.29) is 17.3 Å². The molecule has 0 amide bonds. The molecule has 4 aromatic carbocycles. The van der Waals surface area contributed by atoms with Crippen LogP contribution in [0, 0.1) is 12.7 Å². The number of hydrogen-bond acceptors (Lipinski definition) is 1. The van der Waals surface area contributed by atoms with Crippen LogP contribution in [0.15, 0.2) is 84.9 Å². The maximum Gasteiger partial charge on any atom is 0.125 e. The first kappa shape index (κ1) is 21.5. The third-order valence-electron chi connectivity index (χ3n) is 6.94. The molecular formula is C31H30FN. The van der Waals surface area contributed by atoms with Crippen molar-refractivity contribution in [3.8, 4) is 22.3 Å². The third-order valence-corrected chi connectivity index (χ3v) is 6.94. The fourth-order valence-electron chi connectivity index (χ4n) is 5.33. The van der Waals surface area contributed by atoms with Crippen molar-refractivity contribution in [2.75, 3.05) is 4.90 Å². The Morgan fingerprint density at radius 3 is 2.15 bits per heavy atom. The van der Waals surface area contributed by atoms with Crippen LogP contribution in [-0.2, 0) is 5.41 Å². The van der Waals surface area contributed by atoms with Crippen LogP contribution in [0.2, 0.25) is 0 Å². The van der Waals surface area contributed by atoms with E-state index in [1.165, 1.54) is 27.8 Å². The molecule has 0 N–H and O–H groups in total. The van der Waals surface area contributed by atoms with Crippen molar-refractivity contribution in [1.29, 1.82) is 0 Å². The van der Waals surface area contributed by atoms with E-state index < -0.39 is 0 Å². The zero-order chi connectivity index (χ0) is 23.3. The average molecular weight is 436 g/mol. The molecule has 0 unspecified atom stereocenters. The van der Waals surface area contributed by atoms with Crippen molar-refractivity contribution in [1.82, 2.24) is 0 Å². The van der Waals surface area contributed by atoms with Crippen LogP contribution in [0.3, 0.4) is 0 Å². The summed E-state index contributed by atoms with van der Waals surface area (Å²) in [5.74, 6) is -0.220. The first-order chi connectivity index (χ1) is 15.8. The van der Waals surface area contributed by atoms with Gasteiger partial charge in [-0.05, 0) is 84.0 Å². The zero-order valence-corrected chi connectivity index (χ0v) is 20.0. The Morgan fingerprint density at radius 2 is 1.42 bits per heavy atom. The molecule has 0 bridgehead atoms. The van der Waals surface area contributed by atoms with E-state index in [4.69, 9.17) is 0 Å². The molecule has 4 aromatic rings. The maximum absolute atomic E-state index is 14.8. The number of nitrogens with zero attached hydrogens (tertiary/aromatic N) is 1. The summed E-state index contributed by atoms with van der Waals surface area (Å²) in [6, 6.07) is 28.9. The number of benzene rings is 4. The summed E-state index contributed by atoms with van der Waals surface area (Å²) in [5, 5.41) is 0. The van der Waals surface area contributed by atoms with Gasteiger partial charge in [0, 0.05) is 22.8 Å². The molecular weight excluding hydrogens is 405 g/mol. The van der Waals surface area contributed by atoms with Gasteiger partial charge >= 0.3 is 0 Å². The van der Waals surface area contributed by atoms with Gasteiger partial charge in [0.25, 0.3) is 0 Å². The predicted octanol–water partition coefficient (Wildman–Crippen LogP) is 8.65. The van der Waals surface area contributed by atoms with Crippen molar-refractivity contribution >= 4 is 11.4 Å². The Kier molecular flexibility index (Phi) is 5.12. The number of hydrogen-bond donors (Lipinski definition) is 0. The molecule has 1 nitrogen and oxygen atoms in total. The Labute approximate surface area is 196 Å². The number of rotatable bonds is 4.